The Hall–Kier alpha value is -2.25. The molecular formula is C18H20ClN3O3S. The summed E-state index contributed by atoms with van der Waals surface area (Å²) in [5.41, 5.74) is 1.91. The number of pyridine rings is 1. The van der Waals surface area contributed by atoms with Gasteiger partial charge in [-0.2, -0.15) is 0 Å². The fourth-order valence-corrected chi connectivity index (χ4v) is 3.26. The first-order valence-electron chi connectivity index (χ1n) is 7.89. The van der Waals surface area contributed by atoms with Gasteiger partial charge in [0.25, 0.3) is 0 Å². The molecule has 2 aromatic heterocycles. The van der Waals surface area contributed by atoms with Crippen molar-refractivity contribution in [1.29, 1.82) is 0 Å². The summed E-state index contributed by atoms with van der Waals surface area (Å²) in [4.78, 5) is 38.7. The number of thiophene rings is 1. The zero-order valence-corrected chi connectivity index (χ0v) is 16.5. The Kier molecular flexibility index (Phi) is 6.15. The molecule has 2 amide bonds. The Bertz CT molecular complexity index is 842. The monoisotopic (exact) mass is 393 g/mol. The number of carbonyl (C=O) groups is 3. The van der Waals surface area contributed by atoms with Crippen LogP contribution >= 0.6 is 22.9 Å². The van der Waals surface area contributed by atoms with Gasteiger partial charge in [0.1, 0.15) is 5.92 Å². The van der Waals surface area contributed by atoms with E-state index in [1.165, 1.54) is 17.5 Å². The van der Waals surface area contributed by atoms with Gasteiger partial charge in [0.05, 0.1) is 21.3 Å². The lowest BCUT2D eigenvalue weighted by molar-refractivity contribution is -0.116. The fraction of sp³-hybridized carbons (Fsp3) is 0.333. The molecule has 0 aliphatic carbocycles. The summed E-state index contributed by atoms with van der Waals surface area (Å²) in [5, 5.41) is 7.56. The molecule has 0 spiro atoms. The molecule has 1 aliphatic heterocycles. The topological polar surface area (TPSA) is 88.2 Å². The van der Waals surface area contributed by atoms with Crippen LogP contribution in [0.15, 0.2) is 23.7 Å². The molecule has 2 aromatic rings. The first kappa shape index (κ1) is 20.1. The summed E-state index contributed by atoms with van der Waals surface area (Å²) in [6.45, 7) is 7.71. The minimum absolute atomic E-state index is 0.0677. The molecule has 0 bridgehead atoms. The first-order chi connectivity index (χ1) is 12.1. The maximum absolute atomic E-state index is 12.4. The molecule has 0 fully saturated rings. The number of halogens is 1. The second-order valence-corrected chi connectivity index (χ2v) is 8.22. The molecule has 8 heteroatoms. The van der Waals surface area contributed by atoms with Gasteiger partial charge in [-0.1, -0.05) is 11.6 Å². The van der Waals surface area contributed by atoms with Crippen molar-refractivity contribution in [2.75, 3.05) is 5.32 Å². The molecule has 1 unspecified atom stereocenters. The van der Waals surface area contributed by atoms with Crippen LogP contribution in [0.2, 0.25) is 5.02 Å². The van der Waals surface area contributed by atoms with Crippen molar-refractivity contribution in [2.24, 2.45) is 0 Å². The number of fused-ring (bicyclic) bond motifs is 1. The van der Waals surface area contributed by atoms with E-state index in [0.29, 0.717) is 27.7 Å². The number of aromatic nitrogens is 1. The second kappa shape index (κ2) is 7.97. The van der Waals surface area contributed by atoms with Crippen LogP contribution in [0.1, 0.15) is 47.6 Å². The maximum atomic E-state index is 12.4. The highest BCUT2D eigenvalue weighted by Gasteiger charge is 2.38. The largest absolute Gasteiger partial charge is 0.354 e. The summed E-state index contributed by atoms with van der Waals surface area (Å²) in [6, 6.07) is 3.39. The molecule has 3 rings (SSSR count). The number of rotatable bonds is 3. The zero-order valence-electron chi connectivity index (χ0n) is 14.9. The SMILES string of the molecule is CC(C)(C)NC=O.Cc1csc(C(=O)C2C(=O)Nc3cc(Cl)cnc32)c1. The Morgan fingerprint density at radius 3 is 2.58 bits per heavy atom. The lowest BCUT2D eigenvalue weighted by Crippen LogP contribution is -2.34. The third kappa shape index (κ3) is 4.89. The van der Waals surface area contributed by atoms with Gasteiger partial charge in [-0.3, -0.25) is 19.4 Å². The van der Waals surface area contributed by atoms with E-state index in [0.717, 1.165) is 5.56 Å². The smallest absolute Gasteiger partial charge is 0.241 e. The average Bonchev–Trinajstić information content (AvgIpc) is 3.08. The first-order valence-corrected chi connectivity index (χ1v) is 9.15. The maximum Gasteiger partial charge on any atom is 0.241 e. The Morgan fingerprint density at radius 2 is 2.08 bits per heavy atom. The van der Waals surface area contributed by atoms with Gasteiger partial charge in [-0.05, 0) is 50.8 Å². The normalized spacial score (nSPS) is 15.4. The van der Waals surface area contributed by atoms with Gasteiger partial charge in [0.2, 0.25) is 12.3 Å². The number of amides is 2. The lowest BCUT2D eigenvalue weighted by Gasteiger charge is -2.15. The third-order valence-electron chi connectivity index (χ3n) is 3.41. The number of nitrogens with zero attached hydrogens (tertiary/aromatic N) is 1. The van der Waals surface area contributed by atoms with Crippen molar-refractivity contribution in [3.8, 4) is 0 Å². The van der Waals surface area contributed by atoms with Gasteiger partial charge in [-0.15, -0.1) is 11.3 Å². The van der Waals surface area contributed by atoms with Crippen molar-refractivity contribution < 1.29 is 14.4 Å². The van der Waals surface area contributed by atoms with Crippen molar-refractivity contribution in [3.05, 3.63) is 44.9 Å². The van der Waals surface area contributed by atoms with Crippen LogP contribution in [0.3, 0.4) is 0 Å². The van der Waals surface area contributed by atoms with Crippen molar-refractivity contribution in [3.63, 3.8) is 0 Å². The van der Waals surface area contributed by atoms with E-state index in [1.807, 2.05) is 33.1 Å². The summed E-state index contributed by atoms with van der Waals surface area (Å²) < 4.78 is 0. The van der Waals surface area contributed by atoms with Crippen LogP contribution in [0.4, 0.5) is 5.69 Å². The number of aryl methyl sites for hydroxylation is 1. The molecule has 0 saturated heterocycles. The molecular weight excluding hydrogens is 374 g/mol. The van der Waals surface area contributed by atoms with Gasteiger partial charge < -0.3 is 10.6 Å². The number of ketones is 1. The minimum Gasteiger partial charge on any atom is -0.354 e. The average molecular weight is 394 g/mol. The zero-order chi connectivity index (χ0) is 19.5. The predicted octanol–water partition coefficient (Wildman–Crippen LogP) is 3.55. The van der Waals surface area contributed by atoms with Crippen LogP contribution in [-0.4, -0.2) is 28.6 Å². The number of hydrogen-bond donors (Lipinski definition) is 2. The predicted molar refractivity (Wildman–Crippen MR) is 103 cm³/mol. The van der Waals surface area contributed by atoms with Crippen LogP contribution in [0.25, 0.3) is 0 Å². The number of Topliss-reactive ketones (excluding diaryl/α,β-unsaturated/α-hetero) is 1. The van der Waals surface area contributed by atoms with E-state index in [1.54, 1.807) is 12.1 Å². The number of anilines is 1. The molecule has 2 N–H and O–H groups in total. The number of carbonyl (C=O) groups excluding carboxylic acids is 3. The second-order valence-electron chi connectivity index (χ2n) is 6.87. The summed E-state index contributed by atoms with van der Waals surface area (Å²) >= 11 is 7.16. The molecule has 1 aliphatic rings. The van der Waals surface area contributed by atoms with Crippen LogP contribution in [0.5, 0.6) is 0 Å². The Labute approximate surface area is 161 Å². The van der Waals surface area contributed by atoms with Crippen molar-refractivity contribution in [1.82, 2.24) is 10.3 Å². The van der Waals surface area contributed by atoms with E-state index in [2.05, 4.69) is 15.6 Å². The molecule has 3 heterocycles. The molecule has 26 heavy (non-hydrogen) atoms. The van der Waals surface area contributed by atoms with Gasteiger partial charge >= 0.3 is 0 Å². The molecule has 6 nitrogen and oxygen atoms in total. The van der Waals surface area contributed by atoms with Gasteiger partial charge in [-0.25, -0.2) is 0 Å². The molecule has 1 atom stereocenters. The van der Waals surface area contributed by atoms with Crippen LogP contribution < -0.4 is 10.6 Å². The van der Waals surface area contributed by atoms with E-state index in [-0.39, 0.29) is 17.2 Å². The molecule has 138 valence electrons. The lowest BCUT2D eigenvalue weighted by atomic mass is 9.99. The summed E-state index contributed by atoms with van der Waals surface area (Å²) in [6.07, 6.45) is 2.15. The molecule has 0 radical (unpaired) electrons. The van der Waals surface area contributed by atoms with E-state index in [9.17, 15) is 14.4 Å². The third-order valence-corrected chi connectivity index (χ3v) is 4.68. The van der Waals surface area contributed by atoms with Crippen molar-refractivity contribution >= 4 is 46.7 Å². The van der Waals surface area contributed by atoms with Gasteiger partial charge in [0, 0.05) is 11.7 Å². The van der Waals surface area contributed by atoms with Crippen LogP contribution in [0, 0.1) is 6.92 Å². The summed E-state index contributed by atoms with van der Waals surface area (Å²) in [7, 11) is 0. The highest BCUT2D eigenvalue weighted by atomic mass is 35.5. The number of hydrogen-bond acceptors (Lipinski definition) is 5. The Balaban J connectivity index is 0.000000298. The van der Waals surface area contributed by atoms with E-state index >= 15 is 0 Å². The molecule has 0 saturated carbocycles. The quantitative estimate of drug-likeness (QED) is 0.474. The standard InChI is InChI=1S/C13H9ClN2O2S.C5H11NO/c1-6-2-9(19-5-6)12(17)10-11-8(16-13(10)18)3-7(14)4-15-11;1-5(2,3)6-4-7/h2-5,10H,1H3,(H,16,18);4H,1-3H3,(H,6,7). The molecule has 0 aromatic carbocycles. The highest BCUT2D eigenvalue weighted by molar-refractivity contribution is 7.12. The van der Waals surface area contributed by atoms with E-state index < -0.39 is 5.92 Å². The van der Waals surface area contributed by atoms with E-state index in [4.69, 9.17) is 11.6 Å². The fourth-order valence-electron chi connectivity index (χ4n) is 2.23. The Morgan fingerprint density at radius 1 is 1.38 bits per heavy atom. The van der Waals surface area contributed by atoms with Gasteiger partial charge in [0.15, 0.2) is 5.78 Å². The number of nitrogens with one attached hydrogen (secondary N) is 2. The van der Waals surface area contributed by atoms with Crippen LogP contribution in [-0.2, 0) is 9.59 Å². The van der Waals surface area contributed by atoms with Crippen molar-refractivity contribution in [2.45, 2.75) is 39.2 Å². The minimum atomic E-state index is -0.870. The highest BCUT2D eigenvalue weighted by Crippen LogP contribution is 2.35. The summed E-state index contributed by atoms with van der Waals surface area (Å²) in [5.74, 6) is -1.43.